The van der Waals surface area contributed by atoms with E-state index in [9.17, 15) is 0 Å². The van der Waals surface area contributed by atoms with Crippen molar-refractivity contribution in [3.63, 3.8) is 0 Å². The third-order valence-corrected chi connectivity index (χ3v) is 2.45. The summed E-state index contributed by atoms with van der Waals surface area (Å²) in [6.07, 6.45) is 2.99. The van der Waals surface area contributed by atoms with Crippen LogP contribution < -0.4 is 0 Å². The highest BCUT2D eigenvalue weighted by molar-refractivity contribution is 7.99. The van der Waals surface area contributed by atoms with Crippen molar-refractivity contribution in [3.05, 3.63) is 6.92 Å². The molecule has 1 radical (unpaired) electrons. The van der Waals surface area contributed by atoms with Gasteiger partial charge in [0.2, 0.25) is 0 Å². The Morgan fingerprint density at radius 1 is 1.86 bits per heavy atom. The fourth-order valence-electron chi connectivity index (χ4n) is 0.258. The van der Waals surface area contributed by atoms with E-state index in [2.05, 4.69) is 13.2 Å². The molecule has 0 heterocycles. The second kappa shape index (κ2) is 4.79. The van der Waals surface area contributed by atoms with Crippen molar-refractivity contribution in [3.8, 4) is 0 Å². The van der Waals surface area contributed by atoms with E-state index in [1.165, 1.54) is 0 Å². The summed E-state index contributed by atoms with van der Waals surface area (Å²) in [6, 6.07) is 0. The van der Waals surface area contributed by atoms with Crippen LogP contribution in [0.5, 0.6) is 0 Å². The van der Waals surface area contributed by atoms with Gasteiger partial charge < -0.3 is 0 Å². The Balaban J connectivity index is 2.99. The van der Waals surface area contributed by atoms with Crippen molar-refractivity contribution in [2.75, 3.05) is 12.1 Å². The smallest absolute Gasteiger partial charge is 0.0342 e. The zero-order valence-corrected chi connectivity index (χ0v) is 6.06. The number of hydrogen-bond donors (Lipinski definition) is 0. The van der Waals surface area contributed by atoms with Crippen molar-refractivity contribution in [2.45, 2.75) is 11.7 Å². The first-order valence-electron chi connectivity index (χ1n) is 2.23. The number of rotatable bonds is 3. The average molecular weight is 138 g/mol. The predicted molar refractivity (Wildman–Crippen MR) is 38.0 cm³/mol. The molecule has 0 aliphatic heterocycles. The molecule has 0 amide bonds. The second-order valence-corrected chi connectivity index (χ2v) is 2.75. The molecule has 0 rings (SSSR count). The molecule has 1 atom stereocenters. The van der Waals surface area contributed by atoms with Crippen LogP contribution in [-0.2, 0) is 0 Å². The van der Waals surface area contributed by atoms with Gasteiger partial charge in [0.25, 0.3) is 0 Å². The Morgan fingerprint density at radius 3 is 2.43 bits per heavy atom. The van der Waals surface area contributed by atoms with E-state index in [0.29, 0.717) is 5.25 Å². The molecule has 0 bridgehead atoms. The van der Waals surface area contributed by atoms with Gasteiger partial charge in [-0.05, 0) is 12.7 Å². The lowest BCUT2D eigenvalue weighted by atomic mass is 10.4. The highest BCUT2D eigenvalue weighted by atomic mass is 35.5. The Hall–Kier alpha value is 0.640. The zero-order valence-electron chi connectivity index (χ0n) is 4.48. The van der Waals surface area contributed by atoms with Gasteiger partial charge >= 0.3 is 0 Å². The standard InChI is InChI=1S/C5H10ClS/c1-3-5(4-6)7-2/h5H,1,3-4H2,2H3. The van der Waals surface area contributed by atoms with E-state index in [4.69, 9.17) is 11.6 Å². The maximum absolute atomic E-state index is 5.51. The molecule has 0 aromatic rings. The van der Waals surface area contributed by atoms with E-state index in [1.54, 1.807) is 11.8 Å². The first kappa shape index (κ1) is 7.64. The molecule has 0 saturated heterocycles. The highest BCUT2D eigenvalue weighted by Crippen LogP contribution is 2.10. The van der Waals surface area contributed by atoms with Crippen LogP contribution in [-0.4, -0.2) is 17.4 Å². The molecule has 0 spiro atoms. The minimum atomic E-state index is 0.557. The number of alkyl halides is 1. The summed E-state index contributed by atoms with van der Waals surface area (Å²) in [4.78, 5) is 0. The monoisotopic (exact) mass is 137 g/mol. The predicted octanol–water partition coefficient (Wildman–Crippen LogP) is 2.18. The maximum atomic E-state index is 5.51. The minimum Gasteiger partial charge on any atom is -0.161 e. The van der Waals surface area contributed by atoms with Gasteiger partial charge in [-0.3, -0.25) is 0 Å². The van der Waals surface area contributed by atoms with E-state index in [-0.39, 0.29) is 0 Å². The largest absolute Gasteiger partial charge is 0.161 e. The van der Waals surface area contributed by atoms with Gasteiger partial charge in [0.15, 0.2) is 0 Å². The highest BCUT2D eigenvalue weighted by Gasteiger charge is 1.98. The van der Waals surface area contributed by atoms with Gasteiger partial charge in [0.1, 0.15) is 0 Å². The Morgan fingerprint density at radius 2 is 2.43 bits per heavy atom. The van der Waals surface area contributed by atoms with Crippen molar-refractivity contribution >= 4 is 23.4 Å². The molecule has 43 valence electrons. The molecule has 2 heteroatoms. The third-order valence-electron chi connectivity index (χ3n) is 0.827. The molecule has 0 aliphatic carbocycles. The lowest BCUT2D eigenvalue weighted by Gasteiger charge is -2.03. The lowest BCUT2D eigenvalue weighted by molar-refractivity contribution is 0.990. The molecule has 7 heavy (non-hydrogen) atoms. The van der Waals surface area contributed by atoms with Crippen LogP contribution in [0.1, 0.15) is 6.42 Å². The Labute approximate surface area is 54.6 Å². The van der Waals surface area contributed by atoms with E-state index in [1.807, 2.05) is 0 Å². The number of hydrogen-bond acceptors (Lipinski definition) is 1. The molecule has 0 aromatic heterocycles. The van der Waals surface area contributed by atoms with Crippen molar-refractivity contribution in [1.29, 1.82) is 0 Å². The van der Waals surface area contributed by atoms with Gasteiger partial charge in [-0.15, -0.1) is 11.6 Å². The van der Waals surface area contributed by atoms with Gasteiger partial charge in [-0.25, -0.2) is 0 Å². The zero-order chi connectivity index (χ0) is 5.70. The van der Waals surface area contributed by atoms with Gasteiger partial charge in [-0.2, -0.15) is 11.8 Å². The molecule has 0 nitrogen and oxygen atoms in total. The van der Waals surface area contributed by atoms with Gasteiger partial charge in [0.05, 0.1) is 0 Å². The van der Waals surface area contributed by atoms with Crippen LogP contribution in [0.2, 0.25) is 0 Å². The Kier molecular flexibility index (Phi) is 5.23. The summed E-state index contributed by atoms with van der Waals surface area (Å²) in [5, 5.41) is 0.557. The first-order chi connectivity index (χ1) is 3.35. The van der Waals surface area contributed by atoms with Crippen LogP contribution >= 0.6 is 23.4 Å². The second-order valence-electron chi connectivity index (χ2n) is 1.30. The third kappa shape index (κ3) is 3.24. The van der Waals surface area contributed by atoms with Crippen molar-refractivity contribution < 1.29 is 0 Å². The molecule has 0 aromatic carbocycles. The topological polar surface area (TPSA) is 0 Å². The average Bonchev–Trinajstić information content (AvgIpc) is 1.72. The molecule has 0 aliphatic rings. The summed E-state index contributed by atoms with van der Waals surface area (Å²) in [7, 11) is 0. The molecular formula is C5H10ClS. The fraction of sp³-hybridized carbons (Fsp3) is 0.800. The SMILES string of the molecule is [CH2]CC(CCl)SC. The normalized spacial score (nSPS) is 14.1. The van der Waals surface area contributed by atoms with Crippen LogP contribution in [0, 0.1) is 6.92 Å². The van der Waals surface area contributed by atoms with Crippen LogP contribution in [0.4, 0.5) is 0 Å². The summed E-state index contributed by atoms with van der Waals surface area (Å²) in [5.41, 5.74) is 0. The molecule has 0 saturated carbocycles. The van der Waals surface area contributed by atoms with E-state index < -0.39 is 0 Å². The molecular weight excluding hydrogens is 128 g/mol. The maximum Gasteiger partial charge on any atom is 0.0342 e. The Bertz CT molecular complexity index is 29.6. The molecule has 1 unspecified atom stereocenters. The summed E-state index contributed by atoms with van der Waals surface area (Å²) in [5.74, 6) is 0.727. The molecule has 0 N–H and O–H groups in total. The number of halogens is 1. The van der Waals surface area contributed by atoms with E-state index >= 15 is 0 Å². The van der Waals surface area contributed by atoms with Gasteiger partial charge in [0, 0.05) is 11.1 Å². The molecule has 0 fully saturated rings. The summed E-state index contributed by atoms with van der Waals surface area (Å²) in [6.45, 7) is 3.72. The van der Waals surface area contributed by atoms with Crippen molar-refractivity contribution in [1.82, 2.24) is 0 Å². The number of thioether (sulfide) groups is 1. The van der Waals surface area contributed by atoms with Crippen LogP contribution in [0.3, 0.4) is 0 Å². The van der Waals surface area contributed by atoms with Crippen LogP contribution in [0.15, 0.2) is 0 Å². The van der Waals surface area contributed by atoms with Crippen molar-refractivity contribution in [2.24, 2.45) is 0 Å². The van der Waals surface area contributed by atoms with Crippen LogP contribution in [0.25, 0.3) is 0 Å². The first-order valence-corrected chi connectivity index (χ1v) is 4.05. The van der Waals surface area contributed by atoms with E-state index in [0.717, 1.165) is 12.3 Å². The quantitative estimate of drug-likeness (QED) is 0.538. The fourth-order valence-corrected chi connectivity index (χ4v) is 1.15. The minimum absolute atomic E-state index is 0.557. The lowest BCUT2D eigenvalue weighted by Crippen LogP contribution is -1.99. The van der Waals surface area contributed by atoms with Gasteiger partial charge in [-0.1, -0.05) is 6.92 Å². The summed E-state index contributed by atoms with van der Waals surface area (Å²) < 4.78 is 0. The summed E-state index contributed by atoms with van der Waals surface area (Å²) >= 11 is 7.28.